The highest BCUT2D eigenvalue weighted by Crippen LogP contribution is 2.23. The minimum absolute atomic E-state index is 0.289. The molecule has 0 spiro atoms. The van der Waals surface area contributed by atoms with Crippen LogP contribution in [0.1, 0.15) is 12.5 Å². The van der Waals surface area contributed by atoms with E-state index in [2.05, 4.69) is 17.6 Å². The molecule has 20 heavy (non-hydrogen) atoms. The Kier molecular flexibility index (Phi) is 4.60. The van der Waals surface area contributed by atoms with E-state index < -0.39 is 0 Å². The lowest BCUT2D eigenvalue weighted by molar-refractivity contribution is 0.262. The molecule has 0 radical (unpaired) electrons. The van der Waals surface area contributed by atoms with E-state index in [9.17, 15) is 4.79 Å². The van der Waals surface area contributed by atoms with E-state index >= 15 is 0 Å². The summed E-state index contributed by atoms with van der Waals surface area (Å²) in [6, 6.07) is 14.8. The summed E-state index contributed by atoms with van der Waals surface area (Å²) in [5.41, 5.74) is 2.59. The Morgan fingerprint density at radius 3 is 2.65 bits per heavy atom. The number of hydrogen-bond donors (Lipinski definition) is 2. The molecule has 2 amide bonds. The van der Waals surface area contributed by atoms with Gasteiger partial charge in [-0.1, -0.05) is 31.2 Å². The number of carbonyl (C=O) groups excluding carboxylic acids is 1. The van der Waals surface area contributed by atoms with Crippen molar-refractivity contribution in [1.29, 1.82) is 0 Å². The van der Waals surface area contributed by atoms with Crippen LogP contribution >= 0.6 is 0 Å². The van der Waals surface area contributed by atoms with Gasteiger partial charge in [-0.15, -0.1) is 0 Å². The van der Waals surface area contributed by atoms with Gasteiger partial charge in [-0.25, -0.2) is 4.79 Å². The third kappa shape index (κ3) is 3.51. The average molecular weight is 270 g/mol. The Balaban J connectivity index is 2.05. The highest BCUT2D eigenvalue weighted by molar-refractivity contribution is 6.00. The van der Waals surface area contributed by atoms with Gasteiger partial charge in [-0.3, -0.25) is 0 Å². The smallest absolute Gasteiger partial charge is 0.323 e. The fourth-order valence-electron chi connectivity index (χ4n) is 1.90. The van der Waals surface area contributed by atoms with Gasteiger partial charge in [0.15, 0.2) is 0 Å². The van der Waals surface area contributed by atoms with Gasteiger partial charge in [0.05, 0.1) is 12.8 Å². The highest BCUT2D eigenvalue weighted by Gasteiger charge is 2.06. The molecular formula is C16H18N2O2. The molecule has 4 nitrogen and oxygen atoms in total. The van der Waals surface area contributed by atoms with E-state index in [4.69, 9.17) is 4.74 Å². The van der Waals surface area contributed by atoms with E-state index in [-0.39, 0.29) is 6.03 Å². The minimum Gasteiger partial charge on any atom is -0.495 e. The van der Waals surface area contributed by atoms with Crippen LogP contribution in [0.2, 0.25) is 0 Å². The van der Waals surface area contributed by atoms with E-state index in [1.165, 1.54) is 5.56 Å². The van der Waals surface area contributed by atoms with Crippen LogP contribution in [0.4, 0.5) is 16.2 Å². The Bertz CT molecular complexity index is 597. The number of urea groups is 1. The van der Waals surface area contributed by atoms with Crippen molar-refractivity contribution < 1.29 is 9.53 Å². The number of para-hydroxylation sites is 2. The van der Waals surface area contributed by atoms with Gasteiger partial charge in [0.1, 0.15) is 5.75 Å². The number of benzene rings is 2. The van der Waals surface area contributed by atoms with Crippen LogP contribution in [0.3, 0.4) is 0 Å². The maximum atomic E-state index is 12.0. The molecule has 2 aromatic rings. The second-order valence-electron chi connectivity index (χ2n) is 4.33. The van der Waals surface area contributed by atoms with Gasteiger partial charge >= 0.3 is 6.03 Å². The predicted octanol–water partition coefficient (Wildman–Crippen LogP) is 3.90. The summed E-state index contributed by atoms with van der Waals surface area (Å²) in [4.78, 5) is 12.0. The number of anilines is 2. The van der Waals surface area contributed by atoms with Gasteiger partial charge in [0, 0.05) is 5.69 Å². The first-order valence-corrected chi connectivity index (χ1v) is 6.53. The molecule has 104 valence electrons. The number of amides is 2. The zero-order valence-electron chi connectivity index (χ0n) is 11.6. The van der Waals surface area contributed by atoms with Gasteiger partial charge in [-0.2, -0.15) is 0 Å². The number of nitrogens with one attached hydrogen (secondary N) is 2. The van der Waals surface area contributed by atoms with Crippen molar-refractivity contribution in [2.45, 2.75) is 13.3 Å². The molecule has 2 N–H and O–H groups in total. The molecule has 0 atom stereocenters. The summed E-state index contributed by atoms with van der Waals surface area (Å²) >= 11 is 0. The lowest BCUT2D eigenvalue weighted by Gasteiger charge is -2.11. The maximum Gasteiger partial charge on any atom is 0.323 e. The lowest BCUT2D eigenvalue weighted by atomic mass is 10.1. The lowest BCUT2D eigenvalue weighted by Crippen LogP contribution is -2.19. The topological polar surface area (TPSA) is 50.4 Å². The average Bonchev–Trinajstić information content (AvgIpc) is 2.48. The summed E-state index contributed by atoms with van der Waals surface area (Å²) in [5, 5.41) is 5.58. The summed E-state index contributed by atoms with van der Waals surface area (Å²) in [5.74, 6) is 0.630. The first-order chi connectivity index (χ1) is 9.72. The number of rotatable bonds is 4. The molecule has 0 bridgehead atoms. The van der Waals surface area contributed by atoms with E-state index in [0.29, 0.717) is 11.4 Å². The number of aryl methyl sites for hydroxylation is 1. The molecule has 0 saturated heterocycles. The molecule has 0 saturated carbocycles. The van der Waals surface area contributed by atoms with Crippen molar-refractivity contribution in [3.8, 4) is 5.75 Å². The highest BCUT2D eigenvalue weighted by atomic mass is 16.5. The molecule has 2 aromatic carbocycles. The first kappa shape index (κ1) is 13.9. The van der Waals surface area contributed by atoms with Crippen LogP contribution in [0, 0.1) is 0 Å². The molecule has 0 unspecified atom stereocenters. The van der Waals surface area contributed by atoms with Gasteiger partial charge in [-0.05, 0) is 36.2 Å². The summed E-state index contributed by atoms with van der Waals surface area (Å²) in [6.07, 6.45) is 0.934. The number of hydrogen-bond acceptors (Lipinski definition) is 2. The van der Waals surface area contributed by atoms with Crippen molar-refractivity contribution in [3.63, 3.8) is 0 Å². The van der Waals surface area contributed by atoms with Crippen molar-refractivity contribution in [3.05, 3.63) is 54.1 Å². The number of carbonyl (C=O) groups is 1. The quantitative estimate of drug-likeness (QED) is 0.885. The third-order valence-corrected chi connectivity index (χ3v) is 2.95. The molecule has 0 fully saturated rings. The van der Waals surface area contributed by atoms with Gasteiger partial charge in [0.25, 0.3) is 0 Å². The van der Waals surface area contributed by atoms with Crippen LogP contribution < -0.4 is 15.4 Å². The van der Waals surface area contributed by atoms with Crippen molar-refractivity contribution in [2.24, 2.45) is 0 Å². The SMILES string of the molecule is CCc1cccc(NC(=O)Nc2ccccc2OC)c1. The molecular weight excluding hydrogens is 252 g/mol. The summed E-state index contributed by atoms with van der Waals surface area (Å²) in [7, 11) is 1.57. The van der Waals surface area contributed by atoms with Crippen LogP contribution in [-0.2, 0) is 6.42 Å². The van der Waals surface area contributed by atoms with Crippen molar-refractivity contribution in [1.82, 2.24) is 0 Å². The molecule has 0 aliphatic carbocycles. The molecule has 0 aliphatic rings. The predicted molar refractivity (Wildman–Crippen MR) is 81.5 cm³/mol. The maximum absolute atomic E-state index is 12.0. The van der Waals surface area contributed by atoms with E-state index in [1.807, 2.05) is 36.4 Å². The zero-order chi connectivity index (χ0) is 14.4. The van der Waals surface area contributed by atoms with Crippen molar-refractivity contribution >= 4 is 17.4 Å². The second kappa shape index (κ2) is 6.61. The van der Waals surface area contributed by atoms with Crippen LogP contribution in [-0.4, -0.2) is 13.1 Å². The molecule has 0 heterocycles. The third-order valence-electron chi connectivity index (χ3n) is 2.95. The Labute approximate surface area is 118 Å². The Hall–Kier alpha value is -2.49. The van der Waals surface area contributed by atoms with E-state index in [1.54, 1.807) is 19.2 Å². The van der Waals surface area contributed by atoms with E-state index in [0.717, 1.165) is 12.1 Å². The molecule has 2 rings (SSSR count). The minimum atomic E-state index is -0.289. The molecule has 4 heteroatoms. The molecule has 0 aliphatic heterocycles. The second-order valence-corrected chi connectivity index (χ2v) is 4.33. The van der Waals surface area contributed by atoms with Crippen LogP contribution in [0.5, 0.6) is 5.75 Å². The summed E-state index contributed by atoms with van der Waals surface area (Å²) < 4.78 is 5.19. The standard InChI is InChI=1S/C16H18N2O2/c1-3-12-7-6-8-13(11-12)17-16(19)18-14-9-4-5-10-15(14)20-2/h4-11H,3H2,1-2H3,(H2,17,18,19). The van der Waals surface area contributed by atoms with Crippen LogP contribution in [0.15, 0.2) is 48.5 Å². The zero-order valence-corrected chi connectivity index (χ0v) is 11.6. The number of methoxy groups -OCH3 is 1. The number of ether oxygens (including phenoxy) is 1. The van der Waals surface area contributed by atoms with Crippen LogP contribution in [0.25, 0.3) is 0 Å². The summed E-state index contributed by atoms with van der Waals surface area (Å²) in [6.45, 7) is 2.08. The molecule has 0 aromatic heterocycles. The van der Waals surface area contributed by atoms with Crippen molar-refractivity contribution in [2.75, 3.05) is 17.7 Å². The largest absolute Gasteiger partial charge is 0.495 e. The van der Waals surface area contributed by atoms with Gasteiger partial charge in [0.2, 0.25) is 0 Å². The first-order valence-electron chi connectivity index (χ1n) is 6.53. The normalized spacial score (nSPS) is 9.90. The Morgan fingerprint density at radius 1 is 1.10 bits per heavy atom. The van der Waals surface area contributed by atoms with Gasteiger partial charge < -0.3 is 15.4 Å². The fraction of sp³-hybridized carbons (Fsp3) is 0.188. The Morgan fingerprint density at radius 2 is 1.90 bits per heavy atom. The monoisotopic (exact) mass is 270 g/mol. The fourth-order valence-corrected chi connectivity index (χ4v) is 1.90.